The Morgan fingerprint density at radius 1 is 0.960 bits per heavy atom. The third-order valence-corrected chi connectivity index (χ3v) is 4.46. The summed E-state index contributed by atoms with van der Waals surface area (Å²) in [4.78, 5) is 21.9. The van der Waals surface area contributed by atoms with Gasteiger partial charge in [-0.1, -0.05) is 64.5 Å². The highest BCUT2D eigenvalue weighted by molar-refractivity contribution is 5.69. The molecule has 2 atom stereocenters. The monoisotopic (exact) mass is 354 g/mol. The molecule has 0 saturated heterocycles. The van der Waals surface area contributed by atoms with Crippen molar-refractivity contribution in [1.29, 1.82) is 0 Å². The van der Waals surface area contributed by atoms with Crippen molar-refractivity contribution in [2.45, 2.75) is 104 Å². The van der Waals surface area contributed by atoms with Crippen molar-refractivity contribution >= 4 is 11.9 Å². The van der Waals surface area contributed by atoms with E-state index in [2.05, 4.69) is 19.1 Å². The molecule has 0 aliphatic carbocycles. The quantitative estimate of drug-likeness (QED) is 0.213. The Hall–Kier alpha value is -1.32. The van der Waals surface area contributed by atoms with Crippen molar-refractivity contribution in [3.8, 4) is 0 Å². The molecule has 0 heterocycles. The summed E-state index contributed by atoms with van der Waals surface area (Å²) in [7, 11) is 0. The second-order valence-corrected chi connectivity index (χ2v) is 7.02. The number of carbonyl (C=O) groups excluding carboxylic acids is 1. The first-order valence-corrected chi connectivity index (χ1v) is 10.0. The molecule has 1 unspecified atom stereocenters. The first kappa shape index (κ1) is 23.7. The molecule has 0 bridgehead atoms. The molecular weight excluding hydrogens is 316 g/mol. The van der Waals surface area contributed by atoms with Crippen LogP contribution in [0.4, 0.5) is 0 Å². The van der Waals surface area contributed by atoms with Gasteiger partial charge < -0.3 is 9.84 Å². The van der Waals surface area contributed by atoms with E-state index in [0.29, 0.717) is 0 Å². The molecule has 0 rings (SSSR count). The van der Waals surface area contributed by atoms with Gasteiger partial charge in [0.15, 0.2) is 0 Å². The van der Waals surface area contributed by atoms with Gasteiger partial charge in [0.1, 0.15) is 6.10 Å². The number of hydrogen-bond donors (Lipinski definition) is 1. The first-order chi connectivity index (χ1) is 12.0. The Labute approximate surface area is 154 Å². The number of allylic oxidation sites excluding steroid dienone is 1. The number of hydrogen-bond acceptors (Lipinski definition) is 3. The average Bonchev–Trinajstić information content (AvgIpc) is 2.56. The minimum absolute atomic E-state index is 0.0168. The third-order valence-electron chi connectivity index (χ3n) is 4.46. The zero-order valence-corrected chi connectivity index (χ0v) is 16.5. The largest absolute Gasteiger partial charge is 0.481 e. The summed E-state index contributed by atoms with van der Waals surface area (Å²) in [5.41, 5.74) is 0. The fourth-order valence-electron chi connectivity index (χ4n) is 2.81. The molecule has 1 N–H and O–H groups in total. The van der Waals surface area contributed by atoms with Crippen molar-refractivity contribution in [1.82, 2.24) is 0 Å². The summed E-state index contributed by atoms with van der Waals surface area (Å²) in [6.07, 6.45) is 17.0. The molecule has 4 nitrogen and oxygen atoms in total. The van der Waals surface area contributed by atoms with E-state index in [1.54, 1.807) is 6.92 Å². The Morgan fingerprint density at radius 2 is 1.60 bits per heavy atom. The number of aliphatic carboxylic acids is 1. The van der Waals surface area contributed by atoms with Crippen molar-refractivity contribution in [2.75, 3.05) is 0 Å². The molecular formula is C21H38O4. The summed E-state index contributed by atoms with van der Waals surface area (Å²) in [6.45, 7) is 5.44. The van der Waals surface area contributed by atoms with Gasteiger partial charge in [0, 0.05) is 13.3 Å². The van der Waals surface area contributed by atoms with E-state index in [1.807, 2.05) is 0 Å². The SMILES string of the molecule is CCCCCC[C@H](C/C=C\CCCCCCC(C)C(=O)O)OC(C)=O. The maximum absolute atomic E-state index is 11.2. The van der Waals surface area contributed by atoms with Crippen molar-refractivity contribution in [3.63, 3.8) is 0 Å². The number of rotatable bonds is 16. The second kappa shape index (κ2) is 16.2. The van der Waals surface area contributed by atoms with Crippen LogP contribution in [-0.4, -0.2) is 23.1 Å². The molecule has 0 fully saturated rings. The lowest BCUT2D eigenvalue weighted by atomic mass is 10.0. The van der Waals surface area contributed by atoms with E-state index in [0.717, 1.165) is 57.8 Å². The minimum atomic E-state index is -0.694. The highest BCUT2D eigenvalue weighted by Crippen LogP contribution is 2.14. The van der Waals surface area contributed by atoms with E-state index in [9.17, 15) is 9.59 Å². The Balaban J connectivity index is 3.75. The predicted octanol–water partition coefficient (Wildman–Crippen LogP) is 5.90. The van der Waals surface area contributed by atoms with Gasteiger partial charge in [0.25, 0.3) is 0 Å². The highest BCUT2D eigenvalue weighted by atomic mass is 16.5. The Morgan fingerprint density at radius 3 is 2.24 bits per heavy atom. The fourth-order valence-corrected chi connectivity index (χ4v) is 2.81. The predicted molar refractivity (Wildman–Crippen MR) is 103 cm³/mol. The maximum Gasteiger partial charge on any atom is 0.306 e. The van der Waals surface area contributed by atoms with Crippen LogP contribution in [0.25, 0.3) is 0 Å². The molecule has 0 spiro atoms. The lowest BCUT2D eigenvalue weighted by Gasteiger charge is -2.15. The molecule has 0 aliphatic heterocycles. The molecule has 0 aromatic carbocycles. The van der Waals surface area contributed by atoms with Crippen LogP contribution in [0, 0.1) is 5.92 Å². The van der Waals surface area contributed by atoms with E-state index in [-0.39, 0.29) is 18.0 Å². The number of carboxylic acid groups (broad SMARTS) is 1. The molecule has 0 aliphatic rings. The molecule has 0 aromatic rings. The summed E-state index contributed by atoms with van der Waals surface area (Å²) < 4.78 is 5.39. The van der Waals surface area contributed by atoms with Gasteiger partial charge >= 0.3 is 11.9 Å². The van der Waals surface area contributed by atoms with E-state index < -0.39 is 5.97 Å². The summed E-state index contributed by atoms with van der Waals surface area (Å²) >= 11 is 0. The van der Waals surface area contributed by atoms with Gasteiger partial charge in [-0.15, -0.1) is 0 Å². The normalized spacial score (nSPS) is 13.7. The van der Waals surface area contributed by atoms with Crippen LogP contribution in [0.3, 0.4) is 0 Å². The summed E-state index contributed by atoms with van der Waals surface area (Å²) in [5, 5.41) is 8.82. The van der Waals surface area contributed by atoms with Crippen LogP contribution in [0.15, 0.2) is 12.2 Å². The number of esters is 1. The van der Waals surface area contributed by atoms with Gasteiger partial charge in [0.05, 0.1) is 5.92 Å². The van der Waals surface area contributed by atoms with Gasteiger partial charge in [0.2, 0.25) is 0 Å². The number of ether oxygens (including phenoxy) is 1. The number of carboxylic acids is 1. The number of unbranched alkanes of at least 4 members (excludes halogenated alkanes) is 7. The molecule has 146 valence electrons. The summed E-state index contributed by atoms with van der Waals surface area (Å²) in [6, 6.07) is 0. The second-order valence-electron chi connectivity index (χ2n) is 7.02. The van der Waals surface area contributed by atoms with Crippen LogP contribution in [0.2, 0.25) is 0 Å². The fraction of sp³-hybridized carbons (Fsp3) is 0.810. The zero-order chi connectivity index (χ0) is 18.9. The number of carbonyl (C=O) groups is 2. The summed E-state index contributed by atoms with van der Waals surface area (Å²) in [5.74, 6) is -1.11. The van der Waals surface area contributed by atoms with Crippen LogP contribution in [0.1, 0.15) is 97.8 Å². The van der Waals surface area contributed by atoms with Crippen LogP contribution in [0.5, 0.6) is 0 Å². The van der Waals surface area contributed by atoms with Crippen LogP contribution in [-0.2, 0) is 14.3 Å². The van der Waals surface area contributed by atoms with Crippen molar-refractivity contribution in [2.24, 2.45) is 5.92 Å². The minimum Gasteiger partial charge on any atom is -0.481 e. The van der Waals surface area contributed by atoms with E-state index in [4.69, 9.17) is 9.84 Å². The molecule has 0 saturated carbocycles. The Bertz CT molecular complexity index is 376. The lowest BCUT2D eigenvalue weighted by molar-refractivity contribution is -0.146. The topological polar surface area (TPSA) is 63.6 Å². The molecule has 0 radical (unpaired) electrons. The van der Waals surface area contributed by atoms with Gasteiger partial charge in [-0.05, 0) is 32.1 Å². The first-order valence-electron chi connectivity index (χ1n) is 10.0. The van der Waals surface area contributed by atoms with Gasteiger partial charge in [-0.25, -0.2) is 0 Å². The molecule has 0 amide bonds. The lowest BCUT2D eigenvalue weighted by Crippen LogP contribution is -2.15. The van der Waals surface area contributed by atoms with Crippen LogP contribution >= 0.6 is 0 Å². The van der Waals surface area contributed by atoms with Gasteiger partial charge in [-0.3, -0.25) is 9.59 Å². The van der Waals surface area contributed by atoms with Crippen molar-refractivity contribution < 1.29 is 19.4 Å². The third kappa shape index (κ3) is 15.9. The van der Waals surface area contributed by atoms with Gasteiger partial charge in [-0.2, -0.15) is 0 Å². The zero-order valence-electron chi connectivity index (χ0n) is 16.5. The maximum atomic E-state index is 11.2. The molecule has 25 heavy (non-hydrogen) atoms. The highest BCUT2D eigenvalue weighted by Gasteiger charge is 2.10. The van der Waals surface area contributed by atoms with Crippen LogP contribution < -0.4 is 0 Å². The smallest absolute Gasteiger partial charge is 0.306 e. The Kier molecular flexibility index (Phi) is 15.3. The van der Waals surface area contributed by atoms with E-state index in [1.165, 1.54) is 26.2 Å². The molecule has 4 heteroatoms. The average molecular weight is 355 g/mol. The molecule has 0 aromatic heterocycles. The van der Waals surface area contributed by atoms with Crippen molar-refractivity contribution in [3.05, 3.63) is 12.2 Å². The standard InChI is InChI=1S/C21H38O4/c1-4-5-6-13-16-20(25-19(3)22)17-14-11-9-7-8-10-12-15-18(2)21(23)24/h11,14,18,20H,4-10,12-13,15-17H2,1-3H3,(H,23,24)/b14-11-/t18?,20-/m1/s1. The van der Waals surface area contributed by atoms with E-state index >= 15 is 0 Å².